The van der Waals surface area contributed by atoms with Crippen molar-refractivity contribution in [2.45, 2.75) is 38.1 Å². The molecule has 0 aliphatic heterocycles. The standard InChI is InChI=1S/C12H21NO3/c1-16-9-11(12(14)15)13-8-7-10-5-3-2-4-6-10/h5,11,13H,2-4,6-9H2,1H3,(H,14,15). The van der Waals surface area contributed by atoms with Crippen LogP contribution >= 0.6 is 0 Å². The molecule has 0 aromatic carbocycles. The van der Waals surface area contributed by atoms with E-state index in [-0.39, 0.29) is 6.61 Å². The molecule has 0 aromatic rings. The van der Waals surface area contributed by atoms with Crippen LogP contribution in [0.25, 0.3) is 0 Å². The Labute approximate surface area is 96.7 Å². The summed E-state index contributed by atoms with van der Waals surface area (Å²) >= 11 is 0. The average Bonchev–Trinajstić information content (AvgIpc) is 2.29. The van der Waals surface area contributed by atoms with Crippen molar-refractivity contribution in [3.63, 3.8) is 0 Å². The van der Waals surface area contributed by atoms with Gasteiger partial charge in [-0.05, 0) is 38.6 Å². The van der Waals surface area contributed by atoms with Gasteiger partial charge in [-0.15, -0.1) is 0 Å². The normalized spacial score (nSPS) is 17.9. The third kappa shape index (κ3) is 4.77. The Morgan fingerprint density at radius 3 is 3.00 bits per heavy atom. The van der Waals surface area contributed by atoms with E-state index in [2.05, 4.69) is 11.4 Å². The van der Waals surface area contributed by atoms with Gasteiger partial charge in [0.2, 0.25) is 0 Å². The Bertz CT molecular complexity index is 251. The van der Waals surface area contributed by atoms with Crippen molar-refractivity contribution in [3.8, 4) is 0 Å². The van der Waals surface area contributed by atoms with Crippen LogP contribution < -0.4 is 5.32 Å². The van der Waals surface area contributed by atoms with E-state index in [1.165, 1.54) is 38.4 Å². The number of aliphatic carboxylic acids is 1. The molecule has 1 aliphatic carbocycles. The zero-order valence-corrected chi connectivity index (χ0v) is 9.87. The third-order valence-corrected chi connectivity index (χ3v) is 2.85. The van der Waals surface area contributed by atoms with Gasteiger partial charge in [0.1, 0.15) is 6.04 Å². The van der Waals surface area contributed by atoms with E-state index in [1.807, 2.05) is 0 Å². The van der Waals surface area contributed by atoms with E-state index in [0.29, 0.717) is 6.54 Å². The summed E-state index contributed by atoms with van der Waals surface area (Å²) in [6.07, 6.45) is 8.15. The minimum Gasteiger partial charge on any atom is -0.480 e. The number of ether oxygens (including phenoxy) is 1. The van der Waals surface area contributed by atoms with Crippen LogP contribution in [0, 0.1) is 0 Å². The van der Waals surface area contributed by atoms with Crippen LogP contribution in [0.15, 0.2) is 11.6 Å². The van der Waals surface area contributed by atoms with Gasteiger partial charge in [-0.1, -0.05) is 11.6 Å². The van der Waals surface area contributed by atoms with Crippen molar-refractivity contribution in [2.75, 3.05) is 20.3 Å². The molecule has 92 valence electrons. The minimum atomic E-state index is -0.848. The Balaban J connectivity index is 2.21. The summed E-state index contributed by atoms with van der Waals surface area (Å²) in [6.45, 7) is 0.931. The van der Waals surface area contributed by atoms with Crippen LogP contribution in [0.4, 0.5) is 0 Å². The highest BCUT2D eigenvalue weighted by Gasteiger charge is 2.15. The molecule has 0 saturated heterocycles. The number of hydrogen-bond donors (Lipinski definition) is 2. The fourth-order valence-corrected chi connectivity index (χ4v) is 1.92. The molecule has 0 fully saturated rings. The molecular weight excluding hydrogens is 206 g/mol. The van der Waals surface area contributed by atoms with Crippen molar-refractivity contribution < 1.29 is 14.6 Å². The number of allylic oxidation sites excluding steroid dienone is 1. The lowest BCUT2D eigenvalue weighted by Crippen LogP contribution is -2.40. The van der Waals surface area contributed by atoms with Crippen molar-refractivity contribution in [3.05, 3.63) is 11.6 Å². The highest BCUT2D eigenvalue weighted by atomic mass is 16.5. The highest BCUT2D eigenvalue weighted by molar-refractivity contribution is 5.73. The summed E-state index contributed by atoms with van der Waals surface area (Å²) in [6, 6.07) is -0.589. The van der Waals surface area contributed by atoms with E-state index in [9.17, 15) is 4.79 Å². The molecular formula is C12H21NO3. The van der Waals surface area contributed by atoms with Crippen LogP contribution in [0.5, 0.6) is 0 Å². The predicted octanol–water partition coefficient (Wildman–Crippen LogP) is 1.57. The SMILES string of the molecule is COCC(NCCC1=CCCCC1)C(=O)O. The molecule has 1 atom stereocenters. The van der Waals surface area contributed by atoms with Gasteiger partial charge in [0.15, 0.2) is 0 Å². The van der Waals surface area contributed by atoms with Gasteiger partial charge in [0.25, 0.3) is 0 Å². The zero-order valence-electron chi connectivity index (χ0n) is 9.87. The molecule has 0 saturated carbocycles. The minimum absolute atomic E-state index is 0.217. The first-order valence-electron chi connectivity index (χ1n) is 5.87. The van der Waals surface area contributed by atoms with Gasteiger partial charge >= 0.3 is 5.97 Å². The van der Waals surface area contributed by atoms with E-state index in [0.717, 1.165) is 6.42 Å². The van der Waals surface area contributed by atoms with Crippen LogP contribution in [-0.2, 0) is 9.53 Å². The first-order chi connectivity index (χ1) is 7.74. The van der Waals surface area contributed by atoms with Gasteiger partial charge < -0.3 is 15.2 Å². The molecule has 0 heterocycles. The van der Waals surface area contributed by atoms with Crippen LogP contribution in [0.3, 0.4) is 0 Å². The molecule has 16 heavy (non-hydrogen) atoms. The van der Waals surface area contributed by atoms with Crippen LogP contribution in [0.1, 0.15) is 32.1 Å². The molecule has 0 spiro atoms. The van der Waals surface area contributed by atoms with Crippen LogP contribution in [-0.4, -0.2) is 37.4 Å². The number of rotatable bonds is 7. The number of methoxy groups -OCH3 is 1. The lowest BCUT2D eigenvalue weighted by molar-refractivity contribution is -0.140. The topological polar surface area (TPSA) is 58.6 Å². The maximum Gasteiger partial charge on any atom is 0.323 e. The second-order valence-corrected chi connectivity index (χ2v) is 4.16. The van der Waals surface area contributed by atoms with E-state index < -0.39 is 12.0 Å². The second-order valence-electron chi connectivity index (χ2n) is 4.16. The number of nitrogens with one attached hydrogen (secondary N) is 1. The van der Waals surface area contributed by atoms with E-state index in [4.69, 9.17) is 9.84 Å². The number of hydrogen-bond acceptors (Lipinski definition) is 3. The van der Waals surface area contributed by atoms with Crippen molar-refractivity contribution in [2.24, 2.45) is 0 Å². The van der Waals surface area contributed by atoms with E-state index >= 15 is 0 Å². The molecule has 2 N–H and O–H groups in total. The Morgan fingerprint density at radius 1 is 1.62 bits per heavy atom. The summed E-state index contributed by atoms with van der Waals surface area (Å²) in [4.78, 5) is 10.8. The van der Waals surface area contributed by atoms with Gasteiger partial charge in [0.05, 0.1) is 6.61 Å². The molecule has 4 heteroatoms. The van der Waals surface area contributed by atoms with Gasteiger partial charge in [0, 0.05) is 7.11 Å². The first-order valence-corrected chi connectivity index (χ1v) is 5.87. The smallest absolute Gasteiger partial charge is 0.323 e. The Kier molecular flexibility index (Phi) is 6.11. The van der Waals surface area contributed by atoms with Crippen molar-refractivity contribution in [1.29, 1.82) is 0 Å². The van der Waals surface area contributed by atoms with Crippen molar-refractivity contribution in [1.82, 2.24) is 5.32 Å². The number of carboxylic acids is 1. The lowest BCUT2D eigenvalue weighted by atomic mass is 9.97. The number of carboxylic acid groups (broad SMARTS) is 1. The largest absolute Gasteiger partial charge is 0.480 e. The van der Waals surface area contributed by atoms with Crippen LogP contribution in [0.2, 0.25) is 0 Å². The molecule has 0 aromatic heterocycles. The average molecular weight is 227 g/mol. The second kappa shape index (κ2) is 7.41. The molecule has 0 amide bonds. The monoisotopic (exact) mass is 227 g/mol. The summed E-state index contributed by atoms with van der Waals surface area (Å²) in [5.74, 6) is -0.848. The summed E-state index contributed by atoms with van der Waals surface area (Å²) < 4.78 is 4.85. The molecule has 0 bridgehead atoms. The summed E-state index contributed by atoms with van der Waals surface area (Å²) in [5, 5.41) is 11.9. The lowest BCUT2D eigenvalue weighted by Gasteiger charge is -2.16. The molecule has 1 unspecified atom stereocenters. The van der Waals surface area contributed by atoms with Gasteiger partial charge in [-0.2, -0.15) is 0 Å². The maximum absolute atomic E-state index is 10.8. The fraction of sp³-hybridized carbons (Fsp3) is 0.750. The Hall–Kier alpha value is -0.870. The highest BCUT2D eigenvalue weighted by Crippen LogP contribution is 2.19. The zero-order chi connectivity index (χ0) is 11.8. The van der Waals surface area contributed by atoms with Crippen molar-refractivity contribution >= 4 is 5.97 Å². The predicted molar refractivity (Wildman–Crippen MR) is 62.5 cm³/mol. The molecule has 0 radical (unpaired) electrons. The first kappa shape index (κ1) is 13.2. The molecule has 1 rings (SSSR count). The van der Waals surface area contributed by atoms with Gasteiger partial charge in [-0.3, -0.25) is 4.79 Å². The fourth-order valence-electron chi connectivity index (χ4n) is 1.92. The number of carbonyl (C=O) groups is 1. The van der Waals surface area contributed by atoms with E-state index in [1.54, 1.807) is 0 Å². The van der Waals surface area contributed by atoms with Gasteiger partial charge in [-0.25, -0.2) is 0 Å². The summed E-state index contributed by atoms with van der Waals surface area (Å²) in [5.41, 5.74) is 1.46. The molecule has 1 aliphatic rings. The maximum atomic E-state index is 10.8. The Morgan fingerprint density at radius 2 is 2.44 bits per heavy atom. The quantitative estimate of drug-likeness (QED) is 0.648. The molecule has 4 nitrogen and oxygen atoms in total. The third-order valence-electron chi connectivity index (χ3n) is 2.85. The summed E-state index contributed by atoms with van der Waals surface area (Å²) in [7, 11) is 1.52.